The van der Waals surface area contributed by atoms with Crippen molar-refractivity contribution in [2.75, 3.05) is 39.4 Å². The van der Waals surface area contributed by atoms with E-state index in [0.717, 1.165) is 12.8 Å². The molecule has 6 nitrogen and oxygen atoms in total. The van der Waals surface area contributed by atoms with E-state index in [1.807, 2.05) is 32.0 Å². The SMILES string of the molecule is CC.CCOC(=O)N1CCN(C(=O)OCCCc2ccccc2)CC1. The summed E-state index contributed by atoms with van der Waals surface area (Å²) in [4.78, 5) is 26.8. The molecule has 25 heavy (non-hydrogen) atoms. The van der Waals surface area contributed by atoms with Gasteiger partial charge >= 0.3 is 12.2 Å². The van der Waals surface area contributed by atoms with Crippen LogP contribution in [0.5, 0.6) is 0 Å². The van der Waals surface area contributed by atoms with E-state index < -0.39 is 0 Å². The molecule has 2 rings (SSSR count). The minimum atomic E-state index is -0.316. The third-order valence-corrected chi connectivity index (χ3v) is 3.74. The number of hydrogen-bond donors (Lipinski definition) is 0. The van der Waals surface area contributed by atoms with Crippen molar-refractivity contribution >= 4 is 12.2 Å². The molecule has 2 amide bonds. The number of piperazine rings is 1. The van der Waals surface area contributed by atoms with Crippen LogP contribution in [-0.4, -0.2) is 61.4 Å². The van der Waals surface area contributed by atoms with Gasteiger partial charge in [-0.3, -0.25) is 0 Å². The molecule has 1 saturated heterocycles. The van der Waals surface area contributed by atoms with Crippen LogP contribution in [-0.2, 0) is 15.9 Å². The van der Waals surface area contributed by atoms with Gasteiger partial charge in [0.2, 0.25) is 0 Å². The molecule has 1 aromatic carbocycles. The maximum Gasteiger partial charge on any atom is 0.409 e. The van der Waals surface area contributed by atoms with Gasteiger partial charge in [-0.15, -0.1) is 0 Å². The minimum absolute atomic E-state index is 0.304. The van der Waals surface area contributed by atoms with Gasteiger partial charge in [0, 0.05) is 26.2 Å². The van der Waals surface area contributed by atoms with Gasteiger partial charge in [-0.2, -0.15) is 0 Å². The molecular formula is C19H30N2O4. The summed E-state index contributed by atoms with van der Waals surface area (Å²) in [5.74, 6) is 0. The highest BCUT2D eigenvalue weighted by atomic mass is 16.6. The molecule has 1 aromatic rings. The smallest absolute Gasteiger partial charge is 0.409 e. The molecule has 1 aliphatic rings. The highest BCUT2D eigenvalue weighted by Gasteiger charge is 2.25. The second-order valence-corrected chi connectivity index (χ2v) is 5.38. The monoisotopic (exact) mass is 350 g/mol. The van der Waals surface area contributed by atoms with Gasteiger partial charge in [-0.05, 0) is 25.3 Å². The second kappa shape index (κ2) is 12.2. The van der Waals surface area contributed by atoms with Gasteiger partial charge in [0.15, 0.2) is 0 Å². The van der Waals surface area contributed by atoms with Crippen molar-refractivity contribution in [2.45, 2.75) is 33.6 Å². The molecule has 0 aliphatic carbocycles. The quantitative estimate of drug-likeness (QED) is 0.762. The first-order valence-electron chi connectivity index (χ1n) is 9.08. The van der Waals surface area contributed by atoms with Crippen molar-refractivity contribution in [1.29, 1.82) is 0 Å². The molecule has 1 heterocycles. The minimum Gasteiger partial charge on any atom is -0.450 e. The number of nitrogens with zero attached hydrogens (tertiary/aromatic N) is 2. The van der Waals surface area contributed by atoms with Crippen LogP contribution in [0.1, 0.15) is 32.8 Å². The molecule has 0 bridgehead atoms. The topological polar surface area (TPSA) is 59.1 Å². The Kier molecular flexibility index (Phi) is 10.1. The van der Waals surface area contributed by atoms with Crippen molar-refractivity contribution < 1.29 is 19.1 Å². The third kappa shape index (κ3) is 7.45. The number of aryl methyl sites for hydroxylation is 1. The van der Waals surface area contributed by atoms with Gasteiger partial charge in [0.25, 0.3) is 0 Å². The number of ether oxygens (including phenoxy) is 2. The lowest BCUT2D eigenvalue weighted by Crippen LogP contribution is -2.50. The number of rotatable bonds is 5. The Morgan fingerprint density at radius 2 is 1.44 bits per heavy atom. The van der Waals surface area contributed by atoms with Crippen LogP contribution in [0.2, 0.25) is 0 Å². The van der Waals surface area contributed by atoms with Crippen molar-refractivity contribution in [3.63, 3.8) is 0 Å². The Morgan fingerprint density at radius 3 is 1.96 bits per heavy atom. The lowest BCUT2D eigenvalue weighted by molar-refractivity contribution is 0.0620. The van der Waals surface area contributed by atoms with Gasteiger partial charge in [0.05, 0.1) is 13.2 Å². The van der Waals surface area contributed by atoms with Gasteiger partial charge < -0.3 is 19.3 Å². The van der Waals surface area contributed by atoms with Crippen LogP contribution < -0.4 is 0 Å². The molecule has 0 unspecified atom stereocenters. The zero-order chi connectivity index (χ0) is 18.5. The zero-order valence-electron chi connectivity index (χ0n) is 15.6. The molecule has 0 saturated carbocycles. The Morgan fingerprint density at radius 1 is 0.920 bits per heavy atom. The van der Waals surface area contributed by atoms with Gasteiger partial charge in [-0.25, -0.2) is 9.59 Å². The molecule has 0 aromatic heterocycles. The first kappa shape index (κ1) is 20.8. The van der Waals surface area contributed by atoms with Crippen molar-refractivity contribution in [2.24, 2.45) is 0 Å². The van der Waals surface area contributed by atoms with Gasteiger partial charge in [0.1, 0.15) is 0 Å². The van der Waals surface area contributed by atoms with Crippen LogP contribution in [0.15, 0.2) is 30.3 Å². The van der Waals surface area contributed by atoms with E-state index in [1.54, 1.807) is 16.7 Å². The van der Waals surface area contributed by atoms with E-state index in [4.69, 9.17) is 9.47 Å². The fraction of sp³-hybridized carbons (Fsp3) is 0.579. The van der Waals surface area contributed by atoms with Crippen LogP contribution in [0.4, 0.5) is 9.59 Å². The van der Waals surface area contributed by atoms with E-state index in [9.17, 15) is 9.59 Å². The van der Waals surface area contributed by atoms with Crippen LogP contribution in [0.25, 0.3) is 0 Å². The number of benzene rings is 1. The molecule has 1 fully saturated rings. The lowest BCUT2D eigenvalue weighted by atomic mass is 10.1. The molecule has 6 heteroatoms. The average Bonchev–Trinajstić information content (AvgIpc) is 2.68. The summed E-state index contributed by atoms with van der Waals surface area (Å²) < 4.78 is 10.2. The van der Waals surface area contributed by atoms with Crippen LogP contribution in [0, 0.1) is 0 Å². The molecule has 0 radical (unpaired) electrons. The highest BCUT2D eigenvalue weighted by Crippen LogP contribution is 2.07. The molecule has 0 N–H and O–H groups in total. The van der Waals surface area contributed by atoms with Crippen molar-refractivity contribution in [3.8, 4) is 0 Å². The number of amides is 2. The Bertz CT molecular complexity index is 499. The normalized spacial score (nSPS) is 13.6. The maximum absolute atomic E-state index is 12.0. The number of carbonyl (C=O) groups is 2. The van der Waals surface area contributed by atoms with E-state index >= 15 is 0 Å². The van der Waals surface area contributed by atoms with Crippen LogP contribution in [0.3, 0.4) is 0 Å². The fourth-order valence-electron chi connectivity index (χ4n) is 2.46. The summed E-state index contributed by atoms with van der Waals surface area (Å²) in [5, 5.41) is 0. The Balaban J connectivity index is 0.00000151. The van der Waals surface area contributed by atoms with Crippen molar-refractivity contribution in [1.82, 2.24) is 9.80 Å². The van der Waals surface area contributed by atoms with E-state index in [-0.39, 0.29) is 12.2 Å². The molecular weight excluding hydrogens is 320 g/mol. The summed E-state index contributed by atoms with van der Waals surface area (Å²) >= 11 is 0. The Labute approximate surface area is 150 Å². The summed E-state index contributed by atoms with van der Waals surface area (Å²) in [6.07, 6.45) is 1.08. The van der Waals surface area contributed by atoms with Crippen molar-refractivity contribution in [3.05, 3.63) is 35.9 Å². The standard InChI is InChI=1S/C17H24N2O4.C2H6/c1-2-22-16(20)18-10-12-19(13-11-18)17(21)23-14-6-9-15-7-4-3-5-8-15;1-2/h3-5,7-8H,2,6,9-14H2,1H3;1-2H3. The number of carbonyl (C=O) groups excluding carboxylic acids is 2. The largest absolute Gasteiger partial charge is 0.450 e. The molecule has 140 valence electrons. The summed E-state index contributed by atoms with van der Waals surface area (Å²) in [6, 6.07) is 10.1. The molecule has 0 spiro atoms. The first-order valence-corrected chi connectivity index (χ1v) is 9.08. The summed E-state index contributed by atoms with van der Waals surface area (Å²) in [6.45, 7) is 8.48. The second-order valence-electron chi connectivity index (χ2n) is 5.38. The summed E-state index contributed by atoms with van der Waals surface area (Å²) in [7, 11) is 0. The van der Waals surface area contributed by atoms with Gasteiger partial charge in [-0.1, -0.05) is 44.2 Å². The molecule has 1 aliphatic heterocycles. The first-order chi connectivity index (χ1) is 12.2. The van der Waals surface area contributed by atoms with E-state index in [1.165, 1.54) is 5.56 Å². The predicted octanol–water partition coefficient (Wildman–Crippen LogP) is 3.56. The summed E-state index contributed by atoms with van der Waals surface area (Å²) in [5.41, 5.74) is 1.24. The Hall–Kier alpha value is -2.24. The third-order valence-electron chi connectivity index (χ3n) is 3.74. The highest BCUT2D eigenvalue weighted by molar-refractivity contribution is 5.70. The zero-order valence-corrected chi connectivity index (χ0v) is 15.6. The lowest BCUT2D eigenvalue weighted by Gasteiger charge is -2.33. The fourth-order valence-corrected chi connectivity index (χ4v) is 2.46. The molecule has 0 atom stereocenters. The predicted molar refractivity (Wildman–Crippen MR) is 97.6 cm³/mol. The van der Waals surface area contributed by atoms with E-state index in [2.05, 4.69) is 12.1 Å². The average molecular weight is 350 g/mol. The number of hydrogen-bond acceptors (Lipinski definition) is 4. The maximum atomic E-state index is 12.0. The van der Waals surface area contributed by atoms with Crippen LogP contribution >= 0.6 is 0 Å². The van der Waals surface area contributed by atoms with E-state index in [0.29, 0.717) is 39.4 Å².